The first-order chi connectivity index (χ1) is 7.66. The highest BCUT2D eigenvalue weighted by Gasteiger charge is 2.07. The van der Waals surface area contributed by atoms with Gasteiger partial charge >= 0.3 is 0 Å². The second kappa shape index (κ2) is 5.27. The molecule has 0 aliphatic rings. The lowest BCUT2D eigenvalue weighted by Crippen LogP contribution is -1.83. The molecule has 2 aromatic rings. The molecule has 0 fully saturated rings. The van der Waals surface area contributed by atoms with Crippen molar-refractivity contribution in [2.75, 3.05) is 5.73 Å². The highest BCUT2D eigenvalue weighted by molar-refractivity contribution is 8.00. The number of benzene rings is 1. The molecular formula is C10H8Cl2N2S2. The van der Waals surface area contributed by atoms with E-state index in [2.05, 4.69) is 4.98 Å². The Kier molecular flexibility index (Phi) is 3.97. The van der Waals surface area contributed by atoms with Crippen LogP contribution in [0.4, 0.5) is 5.13 Å². The zero-order valence-corrected chi connectivity index (χ0v) is 11.3. The Labute approximate surface area is 112 Å². The van der Waals surface area contributed by atoms with Crippen LogP contribution >= 0.6 is 46.3 Å². The van der Waals surface area contributed by atoms with Crippen molar-refractivity contribution in [3.05, 3.63) is 40.0 Å². The standard InChI is InChI=1S/C10H8Cl2N2S2/c11-7-2-1-3-8(12)6(7)5-15-9-4-14-10(13)16-9/h1-4H,5H2,(H2,13,14). The molecular weight excluding hydrogens is 283 g/mol. The van der Waals surface area contributed by atoms with Crippen molar-refractivity contribution in [3.8, 4) is 0 Å². The van der Waals surface area contributed by atoms with Gasteiger partial charge in [0.05, 0.1) is 10.4 Å². The lowest BCUT2D eigenvalue weighted by molar-refractivity contribution is 1.36. The van der Waals surface area contributed by atoms with Gasteiger partial charge in [0.25, 0.3) is 0 Å². The Morgan fingerprint density at radius 1 is 1.31 bits per heavy atom. The van der Waals surface area contributed by atoms with Crippen molar-refractivity contribution in [2.24, 2.45) is 0 Å². The molecule has 6 heteroatoms. The molecule has 0 amide bonds. The number of nitrogens with two attached hydrogens (primary N) is 1. The highest BCUT2D eigenvalue weighted by Crippen LogP contribution is 2.34. The van der Waals surface area contributed by atoms with E-state index in [0.717, 1.165) is 15.5 Å². The van der Waals surface area contributed by atoms with Gasteiger partial charge in [-0.3, -0.25) is 0 Å². The second-order valence-electron chi connectivity index (χ2n) is 3.01. The van der Waals surface area contributed by atoms with Crippen molar-refractivity contribution in [1.82, 2.24) is 4.98 Å². The first kappa shape index (κ1) is 12.0. The molecule has 1 aromatic carbocycles. The number of aromatic nitrogens is 1. The molecule has 16 heavy (non-hydrogen) atoms. The average Bonchev–Trinajstić information content (AvgIpc) is 2.63. The topological polar surface area (TPSA) is 38.9 Å². The molecule has 0 bridgehead atoms. The van der Waals surface area contributed by atoms with Crippen LogP contribution < -0.4 is 5.73 Å². The first-order valence-electron chi connectivity index (χ1n) is 4.44. The van der Waals surface area contributed by atoms with Gasteiger partial charge in [-0.15, -0.1) is 11.8 Å². The van der Waals surface area contributed by atoms with Gasteiger partial charge in [0.15, 0.2) is 5.13 Å². The molecule has 84 valence electrons. The van der Waals surface area contributed by atoms with Gasteiger partial charge < -0.3 is 5.73 Å². The zero-order chi connectivity index (χ0) is 11.5. The fraction of sp³-hybridized carbons (Fsp3) is 0.100. The van der Waals surface area contributed by atoms with Gasteiger partial charge in [0.1, 0.15) is 0 Å². The smallest absolute Gasteiger partial charge is 0.181 e. The predicted molar refractivity (Wildman–Crippen MR) is 72.5 cm³/mol. The van der Waals surface area contributed by atoms with Gasteiger partial charge in [-0.2, -0.15) is 0 Å². The summed E-state index contributed by atoms with van der Waals surface area (Å²) in [5.74, 6) is 0.722. The molecule has 0 saturated heterocycles. The van der Waals surface area contributed by atoms with E-state index in [1.54, 1.807) is 18.0 Å². The van der Waals surface area contributed by atoms with Crippen molar-refractivity contribution in [2.45, 2.75) is 9.96 Å². The van der Waals surface area contributed by atoms with Crippen LogP contribution in [0.1, 0.15) is 5.56 Å². The summed E-state index contributed by atoms with van der Waals surface area (Å²) in [5.41, 5.74) is 6.50. The van der Waals surface area contributed by atoms with Crippen LogP contribution in [0.5, 0.6) is 0 Å². The SMILES string of the molecule is Nc1ncc(SCc2c(Cl)cccc2Cl)s1. The molecule has 0 unspecified atom stereocenters. The van der Waals surface area contributed by atoms with Crippen molar-refractivity contribution in [3.63, 3.8) is 0 Å². The summed E-state index contributed by atoms with van der Waals surface area (Å²) in [7, 11) is 0. The van der Waals surface area contributed by atoms with Gasteiger partial charge in [0, 0.05) is 15.8 Å². The lowest BCUT2D eigenvalue weighted by Gasteiger charge is -2.04. The minimum Gasteiger partial charge on any atom is -0.375 e. The molecule has 2 rings (SSSR count). The molecule has 0 atom stereocenters. The van der Waals surface area contributed by atoms with Crippen LogP contribution in [-0.2, 0) is 5.75 Å². The molecule has 2 N–H and O–H groups in total. The van der Waals surface area contributed by atoms with E-state index in [9.17, 15) is 0 Å². The van der Waals surface area contributed by atoms with Crippen LogP contribution in [0, 0.1) is 0 Å². The normalized spacial score (nSPS) is 10.6. The Balaban J connectivity index is 2.10. The zero-order valence-electron chi connectivity index (χ0n) is 8.11. The summed E-state index contributed by atoms with van der Waals surface area (Å²) in [4.78, 5) is 3.98. The summed E-state index contributed by atoms with van der Waals surface area (Å²) in [5, 5.41) is 1.96. The van der Waals surface area contributed by atoms with Gasteiger partial charge in [0.2, 0.25) is 0 Å². The lowest BCUT2D eigenvalue weighted by atomic mass is 10.2. The van der Waals surface area contributed by atoms with Crippen molar-refractivity contribution < 1.29 is 0 Å². The van der Waals surface area contributed by atoms with Gasteiger partial charge in [-0.25, -0.2) is 4.98 Å². The molecule has 2 nitrogen and oxygen atoms in total. The summed E-state index contributed by atoms with van der Waals surface area (Å²) >= 11 is 15.2. The second-order valence-corrected chi connectivity index (χ2v) is 6.16. The highest BCUT2D eigenvalue weighted by atomic mass is 35.5. The van der Waals surface area contributed by atoms with Crippen molar-refractivity contribution >= 4 is 51.4 Å². The van der Waals surface area contributed by atoms with E-state index in [-0.39, 0.29) is 0 Å². The van der Waals surface area contributed by atoms with Crippen LogP contribution in [0.15, 0.2) is 28.6 Å². The fourth-order valence-corrected chi connectivity index (χ4v) is 3.65. The monoisotopic (exact) mass is 290 g/mol. The number of thioether (sulfide) groups is 1. The average molecular weight is 291 g/mol. The Morgan fingerprint density at radius 2 is 2.00 bits per heavy atom. The molecule has 0 radical (unpaired) electrons. The summed E-state index contributed by atoms with van der Waals surface area (Å²) in [6.45, 7) is 0. The van der Waals surface area contributed by atoms with Gasteiger partial charge in [-0.1, -0.05) is 40.6 Å². The Morgan fingerprint density at radius 3 is 2.56 bits per heavy atom. The third-order valence-corrected chi connectivity index (χ3v) is 4.68. The third-order valence-electron chi connectivity index (χ3n) is 1.92. The molecule has 1 aromatic heterocycles. The van der Waals surface area contributed by atoms with E-state index in [4.69, 9.17) is 28.9 Å². The molecule has 1 heterocycles. The van der Waals surface area contributed by atoms with Crippen LogP contribution in [0.2, 0.25) is 10.0 Å². The number of rotatable bonds is 3. The van der Waals surface area contributed by atoms with Crippen LogP contribution in [-0.4, -0.2) is 4.98 Å². The summed E-state index contributed by atoms with van der Waals surface area (Å²) < 4.78 is 1.06. The number of hydrogen-bond donors (Lipinski definition) is 1. The van der Waals surface area contributed by atoms with Crippen molar-refractivity contribution in [1.29, 1.82) is 0 Å². The molecule has 0 saturated carbocycles. The largest absolute Gasteiger partial charge is 0.375 e. The van der Waals surface area contributed by atoms with Crippen LogP contribution in [0.3, 0.4) is 0 Å². The fourth-order valence-electron chi connectivity index (χ4n) is 1.15. The third kappa shape index (κ3) is 2.83. The summed E-state index contributed by atoms with van der Waals surface area (Å²) in [6, 6.07) is 5.51. The predicted octanol–water partition coefficient (Wildman–Crippen LogP) is 4.32. The Bertz CT molecular complexity index is 479. The molecule has 0 spiro atoms. The number of halogens is 2. The summed E-state index contributed by atoms with van der Waals surface area (Å²) in [6.07, 6.45) is 1.76. The maximum Gasteiger partial charge on any atom is 0.181 e. The van der Waals surface area contributed by atoms with E-state index in [1.807, 2.05) is 18.2 Å². The molecule has 0 aliphatic carbocycles. The number of nitrogen functional groups attached to an aromatic ring is 1. The van der Waals surface area contributed by atoms with E-state index in [0.29, 0.717) is 15.2 Å². The number of anilines is 1. The maximum absolute atomic E-state index is 6.07. The quantitative estimate of drug-likeness (QED) is 0.856. The first-order valence-corrected chi connectivity index (χ1v) is 6.99. The van der Waals surface area contributed by atoms with E-state index >= 15 is 0 Å². The minimum absolute atomic E-state index is 0.577. The minimum atomic E-state index is 0.577. The van der Waals surface area contributed by atoms with Gasteiger partial charge in [-0.05, 0) is 17.7 Å². The van der Waals surface area contributed by atoms with Crippen LogP contribution in [0.25, 0.3) is 0 Å². The maximum atomic E-state index is 6.07. The molecule has 0 aliphatic heterocycles. The van der Waals surface area contributed by atoms with E-state index in [1.165, 1.54) is 11.3 Å². The number of thiazole rings is 1. The number of nitrogens with zero attached hydrogens (tertiary/aromatic N) is 1. The Hall–Kier alpha value is -0.420. The number of hydrogen-bond acceptors (Lipinski definition) is 4. The van der Waals surface area contributed by atoms with E-state index < -0.39 is 0 Å².